The molecule has 2 heteroatoms. The van der Waals surface area contributed by atoms with Crippen LogP contribution in [-0.4, -0.2) is 12.6 Å². The van der Waals surface area contributed by atoms with Crippen molar-refractivity contribution in [2.24, 2.45) is 17.1 Å². The molecule has 0 heterocycles. The maximum atomic E-state index is 6.07. The molecule has 0 radical (unpaired) electrons. The first kappa shape index (κ1) is 18.3. The Kier molecular flexibility index (Phi) is 5.45. The van der Waals surface area contributed by atoms with E-state index in [-0.39, 0.29) is 11.5 Å². The van der Waals surface area contributed by atoms with Gasteiger partial charge in [0.25, 0.3) is 0 Å². The third kappa shape index (κ3) is 5.84. The van der Waals surface area contributed by atoms with Gasteiger partial charge in [-0.05, 0) is 66.5 Å². The summed E-state index contributed by atoms with van der Waals surface area (Å²) in [6.45, 7) is 14.5. The molecule has 1 aliphatic rings. The highest BCUT2D eigenvalue weighted by atomic mass is 16.5. The maximum Gasteiger partial charge on any atom is 0.122 e. The third-order valence-electron chi connectivity index (χ3n) is 4.53. The van der Waals surface area contributed by atoms with Gasteiger partial charge >= 0.3 is 0 Å². The van der Waals surface area contributed by atoms with Crippen LogP contribution in [0.5, 0.6) is 5.75 Å². The fourth-order valence-electron chi connectivity index (χ4n) is 3.57. The summed E-state index contributed by atoms with van der Waals surface area (Å²) in [6, 6.07) is 6.90. The summed E-state index contributed by atoms with van der Waals surface area (Å²) >= 11 is 0. The van der Waals surface area contributed by atoms with E-state index in [1.165, 1.54) is 24.0 Å². The Morgan fingerprint density at radius 2 is 1.83 bits per heavy atom. The van der Waals surface area contributed by atoms with E-state index in [1.54, 1.807) is 0 Å². The smallest absolute Gasteiger partial charge is 0.122 e. The van der Waals surface area contributed by atoms with E-state index in [9.17, 15) is 0 Å². The zero-order valence-electron chi connectivity index (χ0n) is 15.9. The molecule has 23 heavy (non-hydrogen) atoms. The molecule has 0 aliphatic heterocycles. The minimum atomic E-state index is 0.152. The molecule has 2 nitrogen and oxygen atoms in total. The molecule has 0 bridgehead atoms. The molecule has 130 valence electrons. The van der Waals surface area contributed by atoms with Crippen LogP contribution in [-0.2, 0) is 11.8 Å². The van der Waals surface area contributed by atoms with Crippen molar-refractivity contribution in [2.45, 2.75) is 78.7 Å². The van der Waals surface area contributed by atoms with Gasteiger partial charge in [0, 0.05) is 6.04 Å². The molecule has 1 saturated carbocycles. The van der Waals surface area contributed by atoms with Gasteiger partial charge in [0.15, 0.2) is 0 Å². The zero-order chi connectivity index (χ0) is 17.3. The van der Waals surface area contributed by atoms with E-state index in [4.69, 9.17) is 10.5 Å². The number of benzene rings is 1. The van der Waals surface area contributed by atoms with Gasteiger partial charge in [0.1, 0.15) is 5.75 Å². The van der Waals surface area contributed by atoms with E-state index in [0.717, 1.165) is 31.1 Å². The normalized spacial score (nSPS) is 17.2. The van der Waals surface area contributed by atoms with Gasteiger partial charge in [-0.2, -0.15) is 0 Å². The fraction of sp³-hybridized carbons (Fsp3) is 0.714. The second-order valence-electron chi connectivity index (χ2n) is 9.38. The van der Waals surface area contributed by atoms with Crippen molar-refractivity contribution in [3.8, 4) is 5.75 Å². The molecule has 2 rings (SSSR count). The molecule has 2 N–H and O–H groups in total. The van der Waals surface area contributed by atoms with Crippen molar-refractivity contribution in [3.05, 3.63) is 29.3 Å². The lowest BCUT2D eigenvalue weighted by atomic mass is 9.72. The molecule has 0 spiro atoms. The number of hydrogen-bond donors (Lipinski definition) is 1. The Hall–Kier alpha value is -1.02. The number of nitrogens with two attached hydrogens (primary N) is 1. The van der Waals surface area contributed by atoms with Crippen molar-refractivity contribution in [2.75, 3.05) is 6.61 Å². The molecule has 0 amide bonds. The summed E-state index contributed by atoms with van der Waals surface area (Å²) in [5.74, 6) is 1.81. The highest BCUT2D eigenvalue weighted by Gasteiger charge is 2.28. The average Bonchev–Trinajstić information content (AvgIpc) is 3.17. The van der Waals surface area contributed by atoms with E-state index < -0.39 is 0 Å². The molecular formula is C21H35NO. The Bertz CT molecular complexity index is 521. The van der Waals surface area contributed by atoms with Crippen molar-refractivity contribution < 1.29 is 4.74 Å². The fourth-order valence-corrected chi connectivity index (χ4v) is 3.57. The van der Waals surface area contributed by atoms with Crippen LogP contribution in [0.1, 0.15) is 71.9 Å². The van der Waals surface area contributed by atoms with Crippen molar-refractivity contribution in [1.82, 2.24) is 0 Å². The second-order valence-corrected chi connectivity index (χ2v) is 9.38. The van der Waals surface area contributed by atoms with Gasteiger partial charge < -0.3 is 10.5 Å². The van der Waals surface area contributed by atoms with Crippen LogP contribution in [0.3, 0.4) is 0 Å². The molecule has 1 unspecified atom stereocenters. The van der Waals surface area contributed by atoms with Crippen LogP contribution >= 0.6 is 0 Å². The van der Waals surface area contributed by atoms with Crippen molar-refractivity contribution in [1.29, 1.82) is 0 Å². The predicted octanol–water partition coefficient (Wildman–Crippen LogP) is 5.08. The van der Waals surface area contributed by atoms with Crippen LogP contribution in [0.15, 0.2) is 18.2 Å². The first-order valence-corrected chi connectivity index (χ1v) is 9.09. The summed E-state index contributed by atoms with van der Waals surface area (Å²) in [5, 5.41) is 0. The summed E-state index contributed by atoms with van der Waals surface area (Å²) in [4.78, 5) is 0. The van der Waals surface area contributed by atoms with Crippen LogP contribution in [0.4, 0.5) is 0 Å². The predicted molar refractivity (Wildman–Crippen MR) is 99.1 cm³/mol. The van der Waals surface area contributed by atoms with Gasteiger partial charge in [-0.3, -0.25) is 0 Å². The lowest BCUT2D eigenvalue weighted by molar-refractivity contribution is 0.282. The summed E-state index contributed by atoms with van der Waals surface area (Å²) in [7, 11) is 0. The molecule has 1 aromatic carbocycles. The van der Waals surface area contributed by atoms with Gasteiger partial charge in [-0.1, -0.05) is 46.8 Å². The van der Waals surface area contributed by atoms with Crippen LogP contribution in [0.2, 0.25) is 0 Å². The van der Waals surface area contributed by atoms with E-state index in [2.05, 4.69) is 59.7 Å². The Balaban J connectivity index is 2.22. The molecule has 0 aromatic heterocycles. The lowest BCUT2D eigenvalue weighted by Gasteiger charge is -2.33. The highest BCUT2D eigenvalue weighted by molar-refractivity contribution is 5.40. The minimum absolute atomic E-state index is 0.152. The van der Waals surface area contributed by atoms with Gasteiger partial charge in [-0.25, -0.2) is 0 Å². The zero-order valence-corrected chi connectivity index (χ0v) is 15.9. The van der Waals surface area contributed by atoms with Crippen LogP contribution in [0.25, 0.3) is 0 Å². The lowest BCUT2D eigenvalue weighted by Crippen LogP contribution is -2.25. The number of ether oxygens (including phenoxy) is 1. The highest BCUT2D eigenvalue weighted by Crippen LogP contribution is 2.38. The van der Waals surface area contributed by atoms with Crippen molar-refractivity contribution >= 4 is 0 Å². The molecule has 1 aromatic rings. The van der Waals surface area contributed by atoms with Gasteiger partial charge in [0.05, 0.1) is 6.61 Å². The molecular weight excluding hydrogens is 282 g/mol. The van der Waals surface area contributed by atoms with E-state index in [1.807, 2.05) is 0 Å². The SMILES string of the molecule is CC(N)Cc1cc(C(C)(C)CC(C)(C)C)ccc1OCC1CC1. The van der Waals surface area contributed by atoms with E-state index >= 15 is 0 Å². The summed E-state index contributed by atoms with van der Waals surface area (Å²) in [6.07, 6.45) is 4.66. The third-order valence-corrected chi connectivity index (χ3v) is 4.53. The summed E-state index contributed by atoms with van der Waals surface area (Å²) in [5.41, 5.74) is 9.19. The largest absolute Gasteiger partial charge is 0.493 e. The Labute approximate surface area is 142 Å². The number of hydrogen-bond acceptors (Lipinski definition) is 2. The molecule has 1 aliphatic carbocycles. The number of rotatable bonds is 7. The van der Waals surface area contributed by atoms with Crippen LogP contribution < -0.4 is 10.5 Å². The van der Waals surface area contributed by atoms with Gasteiger partial charge in [-0.15, -0.1) is 0 Å². The standard InChI is InChI=1S/C21H35NO/c1-15(22)11-17-12-18(21(5,6)14-20(2,3)4)9-10-19(17)23-13-16-7-8-16/h9-10,12,15-16H,7-8,11,13-14,22H2,1-6H3. The summed E-state index contributed by atoms with van der Waals surface area (Å²) < 4.78 is 6.07. The Morgan fingerprint density at radius 1 is 1.17 bits per heavy atom. The molecule has 1 atom stereocenters. The first-order chi connectivity index (χ1) is 10.6. The topological polar surface area (TPSA) is 35.2 Å². The second kappa shape index (κ2) is 6.84. The monoisotopic (exact) mass is 317 g/mol. The molecule has 0 saturated heterocycles. The van der Waals surface area contributed by atoms with Gasteiger partial charge in [0.2, 0.25) is 0 Å². The van der Waals surface area contributed by atoms with Crippen molar-refractivity contribution in [3.63, 3.8) is 0 Å². The quantitative estimate of drug-likeness (QED) is 0.761. The first-order valence-electron chi connectivity index (χ1n) is 9.09. The van der Waals surface area contributed by atoms with Crippen LogP contribution in [0, 0.1) is 11.3 Å². The minimum Gasteiger partial charge on any atom is -0.493 e. The van der Waals surface area contributed by atoms with E-state index in [0.29, 0.717) is 5.41 Å². The molecule has 1 fully saturated rings. The average molecular weight is 318 g/mol. The maximum absolute atomic E-state index is 6.07. The Morgan fingerprint density at radius 3 is 2.35 bits per heavy atom.